The van der Waals surface area contributed by atoms with Gasteiger partial charge in [0.25, 0.3) is 0 Å². The summed E-state index contributed by atoms with van der Waals surface area (Å²) in [6.45, 7) is 14.9. The van der Waals surface area contributed by atoms with E-state index in [1.807, 2.05) is 48.5 Å². The number of carbonyl (C=O) groups excluding carboxylic acids is 2. The molecule has 1 saturated heterocycles. The molecule has 0 aromatic carbocycles. The zero-order valence-corrected chi connectivity index (χ0v) is 13.3. The molecule has 1 atom stereocenters. The molecule has 0 bridgehead atoms. The van der Waals surface area contributed by atoms with Crippen LogP contribution in [0.3, 0.4) is 0 Å². The lowest BCUT2D eigenvalue weighted by atomic mass is 9.69. The lowest BCUT2D eigenvalue weighted by Crippen LogP contribution is -2.45. The van der Waals surface area contributed by atoms with E-state index in [4.69, 9.17) is 9.47 Å². The molecule has 4 heteroatoms. The van der Waals surface area contributed by atoms with Gasteiger partial charge >= 0.3 is 11.9 Å². The molecule has 1 fully saturated rings. The number of hydrogen-bond donors (Lipinski definition) is 0. The molecule has 110 valence electrons. The van der Waals surface area contributed by atoms with Gasteiger partial charge in [0.2, 0.25) is 5.60 Å². The molecule has 0 aromatic rings. The fraction of sp³-hybridized carbons (Fsp3) is 0.867. The van der Waals surface area contributed by atoms with E-state index in [0.29, 0.717) is 6.42 Å². The minimum Gasteiger partial charge on any atom is -0.457 e. The van der Waals surface area contributed by atoms with Gasteiger partial charge in [-0.2, -0.15) is 0 Å². The molecule has 19 heavy (non-hydrogen) atoms. The topological polar surface area (TPSA) is 52.6 Å². The highest BCUT2D eigenvalue weighted by molar-refractivity contribution is 5.87. The van der Waals surface area contributed by atoms with Crippen LogP contribution < -0.4 is 0 Å². The predicted octanol–water partition coefficient (Wildman–Crippen LogP) is 3.09. The van der Waals surface area contributed by atoms with Crippen LogP contribution in [0.4, 0.5) is 0 Å². The molecule has 0 radical (unpaired) electrons. The Balaban J connectivity index is 2.92. The molecule has 1 aliphatic rings. The van der Waals surface area contributed by atoms with Gasteiger partial charge in [-0.3, -0.25) is 4.79 Å². The van der Waals surface area contributed by atoms with Crippen LogP contribution >= 0.6 is 0 Å². The summed E-state index contributed by atoms with van der Waals surface area (Å²) in [5.74, 6) is -0.826. The standard InChI is InChI=1S/C15H26O4/c1-12(2,3)14(6,7)10(16)19-15(8)9-13(4,5)18-11(15)17/h9H2,1-8H3. The molecule has 0 aromatic heterocycles. The third-order valence-corrected chi connectivity index (χ3v) is 4.27. The van der Waals surface area contributed by atoms with Gasteiger partial charge < -0.3 is 9.47 Å². The molecular formula is C15H26O4. The number of hydrogen-bond acceptors (Lipinski definition) is 4. The van der Waals surface area contributed by atoms with Crippen molar-refractivity contribution >= 4 is 11.9 Å². The Bertz CT molecular complexity index is 401. The van der Waals surface area contributed by atoms with Crippen LogP contribution in [0.15, 0.2) is 0 Å². The maximum atomic E-state index is 12.4. The van der Waals surface area contributed by atoms with Crippen LogP contribution in [-0.2, 0) is 19.1 Å². The molecule has 0 N–H and O–H groups in total. The van der Waals surface area contributed by atoms with Gasteiger partial charge in [0.15, 0.2) is 0 Å². The van der Waals surface area contributed by atoms with Crippen molar-refractivity contribution in [2.24, 2.45) is 10.8 Å². The summed E-state index contributed by atoms with van der Waals surface area (Å²) >= 11 is 0. The molecule has 1 unspecified atom stereocenters. The van der Waals surface area contributed by atoms with E-state index < -0.39 is 22.6 Å². The van der Waals surface area contributed by atoms with Crippen LogP contribution in [-0.4, -0.2) is 23.1 Å². The van der Waals surface area contributed by atoms with Crippen LogP contribution in [0.5, 0.6) is 0 Å². The summed E-state index contributed by atoms with van der Waals surface area (Å²) in [7, 11) is 0. The van der Waals surface area contributed by atoms with Crippen LogP contribution in [0.2, 0.25) is 0 Å². The molecule has 0 spiro atoms. The fourth-order valence-electron chi connectivity index (χ4n) is 2.00. The van der Waals surface area contributed by atoms with E-state index in [-0.39, 0.29) is 11.4 Å². The zero-order valence-electron chi connectivity index (χ0n) is 13.3. The Kier molecular flexibility index (Phi) is 3.55. The Morgan fingerprint density at radius 3 is 1.95 bits per heavy atom. The smallest absolute Gasteiger partial charge is 0.351 e. The second-order valence-electron chi connectivity index (χ2n) is 7.82. The normalized spacial score (nSPS) is 27.1. The van der Waals surface area contributed by atoms with Gasteiger partial charge in [0, 0.05) is 6.42 Å². The number of rotatable bonds is 2. The molecule has 0 saturated carbocycles. The summed E-state index contributed by atoms with van der Waals surface area (Å²) in [6.07, 6.45) is 0.380. The Labute approximate surface area is 115 Å². The SMILES string of the molecule is CC1(C)CC(C)(OC(=O)C(C)(C)C(C)(C)C)C(=O)O1. The predicted molar refractivity (Wildman–Crippen MR) is 72.5 cm³/mol. The monoisotopic (exact) mass is 270 g/mol. The van der Waals surface area contributed by atoms with E-state index in [1.54, 1.807) is 6.92 Å². The first-order chi connectivity index (χ1) is 8.21. The van der Waals surface area contributed by atoms with Crippen molar-refractivity contribution in [2.75, 3.05) is 0 Å². The fourth-order valence-corrected chi connectivity index (χ4v) is 2.00. The largest absolute Gasteiger partial charge is 0.457 e. The second kappa shape index (κ2) is 4.22. The van der Waals surface area contributed by atoms with Crippen molar-refractivity contribution in [3.8, 4) is 0 Å². The lowest BCUT2D eigenvalue weighted by Gasteiger charge is -2.38. The van der Waals surface area contributed by atoms with Crippen molar-refractivity contribution < 1.29 is 19.1 Å². The molecule has 4 nitrogen and oxygen atoms in total. The van der Waals surface area contributed by atoms with E-state index >= 15 is 0 Å². The number of esters is 2. The first kappa shape index (κ1) is 16.0. The molecule has 0 aliphatic carbocycles. The van der Waals surface area contributed by atoms with Gasteiger partial charge in [-0.25, -0.2) is 4.79 Å². The summed E-state index contributed by atoms with van der Waals surface area (Å²) in [5, 5.41) is 0. The van der Waals surface area contributed by atoms with Crippen molar-refractivity contribution in [1.82, 2.24) is 0 Å². The first-order valence-electron chi connectivity index (χ1n) is 6.68. The third-order valence-electron chi connectivity index (χ3n) is 4.27. The van der Waals surface area contributed by atoms with E-state index in [1.165, 1.54) is 0 Å². The quantitative estimate of drug-likeness (QED) is 0.724. The van der Waals surface area contributed by atoms with Crippen LogP contribution in [0.1, 0.15) is 61.8 Å². The molecule has 1 rings (SSSR count). The van der Waals surface area contributed by atoms with Crippen LogP contribution in [0.25, 0.3) is 0 Å². The van der Waals surface area contributed by atoms with Gasteiger partial charge in [-0.15, -0.1) is 0 Å². The Morgan fingerprint density at radius 2 is 1.63 bits per heavy atom. The van der Waals surface area contributed by atoms with Gasteiger partial charge in [-0.05, 0) is 40.0 Å². The van der Waals surface area contributed by atoms with Crippen molar-refractivity contribution in [1.29, 1.82) is 0 Å². The van der Waals surface area contributed by atoms with Gasteiger partial charge in [-0.1, -0.05) is 20.8 Å². The molecule has 0 amide bonds. The minimum atomic E-state index is -1.18. The minimum absolute atomic E-state index is 0.252. The lowest BCUT2D eigenvalue weighted by molar-refractivity contribution is -0.182. The second-order valence-corrected chi connectivity index (χ2v) is 7.82. The summed E-state index contributed by atoms with van der Waals surface area (Å²) in [4.78, 5) is 24.3. The molecular weight excluding hydrogens is 244 g/mol. The maximum absolute atomic E-state index is 12.4. The van der Waals surface area contributed by atoms with Crippen LogP contribution in [0, 0.1) is 10.8 Å². The highest BCUT2D eigenvalue weighted by Gasteiger charge is 2.54. The van der Waals surface area contributed by atoms with Crippen molar-refractivity contribution in [3.63, 3.8) is 0 Å². The van der Waals surface area contributed by atoms with Crippen molar-refractivity contribution in [3.05, 3.63) is 0 Å². The average molecular weight is 270 g/mol. The van der Waals surface area contributed by atoms with E-state index in [9.17, 15) is 9.59 Å². The van der Waals surface area contributed by atoms with E-state index in [2.05, 4.69) is 0 Å². The first-order valence-corrected chi connectivity index (χ1v) is 6.68. The Hall–Kier alpha value is -1.06. The number of carbonyl (C=O) groups is 2. The Morgan fingerprint density at radius 1 is 1.16 bits per heavy atom. The summed E-state index contributed by atoms with van der Waals surface area (Å²) in [6, 6.07) is 0. The van der Waals surface area contributed by atoms with Crippen molar-refractivity contribution in [2.45, 2.75) is 73.0 Å². The zero-order chi connectivity index (χ0) is 15.3. The highest BCUT2D eigenvalue weighted by Crippen LogP contribution is 2.42. The summed E-state index contributed by atoms with van der Waals surface area (Å²) < 4.78 is 10.8. The maximum Gasteiger partial charge on any atom is 0.351 e. The van der Waals surface area contributed by atoms with Gasteiger partial charge in [0.05, 0.1) is 5.41 Å². The number of cyclic esters (lactones) is 1. The highest BCUT2D eigenvalue weighted by atomic mass is 16.6. The molecule has 1 aliphatic heterocycles. The molecule has 1 heterocycles. The number of ether oxygens (including phenoxy) is 2. The summed E-state index contributed by atoms with van der Waals surface area (Å²) in [5.41, 5.74) is -2.69. The third kappa shape index (κ3) is 2.93. The van der Waals surface area contributed by atoms with E-state index in [0.717, 1.165) is 0 Å². The van der Waals surface area contributed by atoms with Gasteiger partial charge in [0.1, 0.15) is 5.60 Å². The average Bonchev–Trinajstić information content (AvgIpc) is 2.32.